The monoisotopic (exact) mass is 532 g/mol. The van der Waals surface area contributed by atoms with Gasteiger partial charge < -0.3 is 25.0 Å². The standard InChI is InChI=1S/C24H23FN4O2.C2HF3O2/c25-20-13-16(2-4-23(20)29-9-11-31-12-10-29)1-3-18-14-17(5-7-26-18)22-15-19-21(28-22)6-8-27-24(19)30;3-2(4,5)1(6)7/h1-5,7,13-15,28H,6,8-12H2,(H,27,30);(H,6,7)/b3-1+;. The number of aliphatic carboxylic acids is 1. The molecular weight excluding hydrogens is 508 g/mol. The topological polar surface area (TPSA) is 108 Å². The molecule has 2 aliphatic heterocycles. The summed E-state index contributed by atoms with van der Waals surface area (Å²) >= 11 is 0. The van der Waals surface area contributed by atoms with E-state index >= 15 is 0 Å². The van der Waals surface area contributed by atoms with Gasteiger partial charge in [0.15, 0.2) is 0 Å². The van der Waals surface area contributed by atoms with Crippen LogP contribution in [0.4, 0.5) is 23.2 Å². The highest BCUT2D eigenvalue weighted by atomic mass is 19.4. The third-order valence-electron chi connectivity index (χ3n) is 5.91. The van der Waals surface area contributed by atoms with Gasteiger partial charge in [-0.05, 0) is 42.0 Å². The average molecular weight is 532 g/mol. The lowest BCUT2D eigenvalue weighted by Crippen LogP contribution is -2.36. The molecule has 1 amide bonds. The highest BCUT2D eigenvalue weighted by Crippen LogP contribution is 2.25. The molecule has 0 aliphatic carbocycles. The van der Waals surface area contributed by atoms with Crippen LogP contribution in [0.25, 0.3) is 23.4 Å². The van der Waals surface area contributed by atoms with Crippen molar-refractivity contribution in [2.75, 3.05) is 37.7 Å². The number of carbonyl (C=O) groups is 2. The second kappa shape index (κ2) is 11.5. The van der Waals surface area contributed by atoms with Gasteiger partial charge in [0, 0.05) is 49.2 Å². The van der Waals surface area contributed by atoms with E-state index in [1.807, 2.05) is 47.4 Å². The Balaban J connectivity index is 0.000000426. The van der Waals surface area contributed by atoms with E-state index in [1.54, 1.807) is 12.3 Å². The summed E-state index contributed by atoms with van der Waals surface area (Å²) in [4.78, 5) is 30.7. The quantitative estimate of drug-likeness (QED) is 0.436. The molecule has 1 aromatic carbocycles. The van der Waals surface area contributed by atoms with Gasteiger partial charge in [0.25, 0.3) is 5.91 Å². The van der Waals surface area contributed by atoms with Gasteiger partial charge >= 0.3 is 12.1 Å². The number of fused-ring (bicyclic) bond motifs is 1. The maximum Gasteiger partial charge on any atom is 0.490 e. The van der Waals surface area contributed by atoms with Gasteiger partial charge in [0.05, 0.1) is 30.2 Å². The number of carbonyl (C=O) groups excluding carboxylic acids is 1. The van der Waals surface area contributed by atoms with Crippen molar-refractivity contribution in [3.63, 3.8) is 0 Å². The second-order valence-electron chi connectivity index (χ2n) is 8.50. The molecule has 8 nitrogen and oxygen atoms in total. The zero-order valence-corrected chi connectivity index (χ0v) is 20.0. The number of anilines is 1. The van der Waals surface area contributed by atoms with Crippen molar-refractivity contribution >= 4 is 29.7 Å². The number of aromatic amines is 1. The minimum Gasteiger partial charge on any atom is -0.475 e. The molecule has 5 rings (SSSR count). The van der Waals surface area contributed by atoms with Gasteiger partial charge in [-0.25, -0.2) is 9.18 Å². The Bertz CT molecular complexity index is 1350. The largest absolute Gasteiger partial charge is 0.490 e. The summed E-state index contributed by atoms with van der Waals surface area (Å²) < 4.78 is 51.7. The first-order valence-electron chi connectivity index (χ1n) is 11.7. The maximum absolute atomic E-state index is 14.6. The third kappa shape index (κ3) is 6.57. The van der Waals surface area contributed by atoms with Crippen molar-refractivity contribution in [2.24, 2.45) is 0 Å². The SMILES string of the molecule is O=C(O)C(F)(F)F.O=C1NCCc2[nH]c(-c3ccnc(/C=C/c4ccc(N5CCOCC5)c(F)c4)c3)cc21. The zero-order chi connectivity index (χ0) is 27.3. The number of amides is 1. The minimum atomic E-state index is -5.08. The number of morpholine rings is 1. The van der Waals surface area contributed by atoms with Crippen molar-refractivity contribution in [1.82, 2.24) is 15.3 Å². The Morgan fingerprint density at radius 1 is 1.11 bits per heavy atom. The summed E-state index contributed by atoms with van der Waals surface area (Å²) in [6.07, 6.45) is 1.16. The molecule has 4 heterocycles. The molecule has 2 aliphatic rings. The van der Waals surface area contributed by atoms with Crippen LogP contribution >= 0.6 is 0 Å². The number of aromatic nitrogens is 2. The second-order valence-corrected chi connectivity index (χ2v) is 8.50. The lowest BCUT2D eigenvalue weighted by Gasteiger charge is -2.29. The number of alkyl halides is 3. The summed E-state index contributed by atoms with van der Waals surface area (Å²) in [6, 6.07) is 11.0. The summed E-state index contributed by atoms with van der Waals surface area (Å²) in [5.74, 6) is -3.03. The van der Waals surface area contributed by atoms with E-state index in [9.17, 15) is 22.4 Å². The molecule has 0 bridgehead atoms. The lowest BCUT2D eigenvalue weighted by atomic mass is 10.1. The molecule has 0 atom stereocenters. The zero-order valence-electron chi connectivity index (χ0n) is 20.0. The smallest absolute Gasteiger partial charge is 0.475 e. The summed E-state index contributed by atoms with van der Waals surface area (Å²) in [7, 11) is 0. The highest BCUT2D eigenvalue weighted by molar-refractivity contribution is 5.97. The maximum atomic E-state index is 14.6. The number of pyridine rings is 1. The molecule has 2 aromatic heterocycles. The van der Waals surface area contributed by atoms with E-state index in [4.69, 9.17) is 14.6 Å². The van der Waals surface area contributed by atoms with E-state index in [-0.39, 0.29) is 11.7 Å². The van der Waals surface area contributed by atoms with Crippen molar-refractivity contribution < 1.29 is 37.0 Å². The third-order valence-corrected chi connectivity index (χ3v) is 5.91. The number of nitrogens with zero attached hydrogens (tertiary/aromatic N) is 2. The van der Waals surface area contributed by atoms with Crippen molar-refractivity contribution in [3.8, 4) is 11.3 Å². The Kier molecular flexibility index (Phi) is 8.10. The van der Waals surface area contributed by atoms with Crippen LogP contribution < -0.4 is 10.2 Å². The molecule has 1 fully saturated rings. The fourth-order valence-electron chi connectivity index (χ4n) is 4.03. The Labute approximate surface area is 214 Å². The van der Waals surface area contributed by atoms with Gasteiger partial charge in [-0.15, -0.1) is 0 Å². The highest BCUT2D eigenvalue weighted by Gasteiger charge is 2.38. The summed E-state index contributed by atoms with van der Waals surface area (Å²) in [5.41, 5.74) is 5.64. The van der Waals surface area contributed by atoms with E-state index in [0.717, 1.165) is 34.6 Å². The number of carboxylic acid groups (broad SMARTS) is 1. The predicted molar refractivity (Wildman–Crippen MR) is 132 cm³/mol. The molecule has 1 saturated heterocycles. The van der Waals surface area contributed by atoms with E-state index in [2.05, 4.69) is 15.3 Å². The van der Waals surface area contributed by atoms with Gasteiger partial charge in [-0.3, -0.25) is 9.78 Å². The van der Waals surface area contributed by atoms with Crippen LogP contribution in [0.2, 0.25) is 0 Å². The molecule has 0 saturated carbocycles. The number of rotatable bonds is 4. The van der Waals surface area contributed by atoms with E-state index < -0.39 is 12.1 Å². The Hall–Kier alpha value is -4.19. The van der Waals surface area contributed by atoms with Crippen molar-refractivity contribution in [2.45, 2.75) is 12.6 Å². The van der Waals surface area contributed by atoms with Crippen LogP contribution in [-0.2, 0) is 16.0 Å². The Morgan fingerprint density at radius 2 is 1.84 bits per heavy atom. The number of nitrogens with one attached hydrogen (secondary N) is 2. The number of H-pyrrole nitrogens is 1. The Morgan fingerprint density at radius 3 is 2.50 bits per heavy atom. The van der Waals surface area contributed by atoms with Gasteiger partial charge in [0.1, 0.15) is 5.82 Å². The van der Waals surface area contributed by atoms with Gasteiger partial charge in [-0.2, -0.15) is 13.2 Å². The first kappa shape index (κ1) is 26.9. The number of carboxylic acids is 1. The van der Waals surface area contributed by atoms with Crippen LogP contribution in [-0.4, -0.2) is 66.0 Å². The fraction of sp³-hybridized carbons (Fsp3) is 0.269. The lowest BCUT2D eigenvalue weighted by molar-refractivity contribution is -0.192. The number of hydrogen-bond donors (Lipinski definition) is 3. The predicted octanol–water partition coefficient (Wildman–Crippen LogP) is 4.14. The van der Waals surface area contributed by atoms with Crippen LogP contribution in [0.3, 0.4) is 0 Å². The average Bonchev–Trinajstić information content (AvgIpc) is 3.34. The van der Waals surface area contributed by atoms with E-state index in [0.29, 0.717) is 44.1 Å². The molecule has 0 unspecified atom stereocenters. The van der Waals surface area contributed by atoms with Crippen LogP contribution in [0.1, 0.15) is 27.3 Å². The van der Waals surface area contributed by atoms with Gasteiger partial charge in [0.2, 0.25) is 0 Å². The number of hydrogen-bond acceptors (Lipinski definition) is 5. The van der Waals surface area contributed by atoms with Crippen molar-refractivity contribution in [3.05, 3.63) is 70.9 Å². The first-order chi connectivity index (χ1) is 18.1. The molecule has 0 spiro atoms. The number of benzene rings is 1. The summed E-state index contributed by atoms with van der Waals surface area (Å²) in [6.45, 7) is 3.30. The normalized spacial score (nSPS) is 15.5. The minimum absolute atomic E-state index is 0.0412. The molecule has 200 valence electrons. The molecule has 12 heteroatoms. The van der Waals surface area contributed by atoms with E-state index in [1.165, 1.54) is 0 Å². The first-order valence-corrected chi connectivity index (χ1v) is 11.7. The fourth-order valence-corrected chi connectivity index (χ4v) is 4.03. The van der Waals surface area contributed by atoms with Crippen molar-refractivity contribution in [1.29, 1.82) is 0 Å². The van der Waals surface area contributed by atoms with Crippen LogP contribution in [0, 0.1) is 5.82 Å². The van der Waals surface area contributed by atoms with Crippen LogP contribution in [0.5, 0.6) is 0 Å². The summed E-state index contributed by atoms with van der Waals surface area (Å²) in [5, 5.41) is 9.98. The number of halogens is 4. The number of ether oxygens (including phenoxy) is 1. The molecule has 38 heavy (non-hydrogen) atoms. The molecule has 3 N–H and O–H groups in total. The van der Waals surface area contributed by atoms with Crippen LogP contribution in [0.15, 0.2) is 42.6 Å². The van der Waals surface area contributed by atoms with Gasteiger partial charge in [-0.1, -0.05) is 12.1 Å². The molecule has 3 aromatic rings. The molecular formula is C26H24F4N4O4. The molecule has 0 radical (unpaired) electrons.